The van der Waals surface area contributed by atoms with E-state index in [0.717, 1.165) is 34.8 Å². The van der Waals surface area contributed by atoms with E-state index < -0.39 is 11.6 Å². The lowest BCUT2D eigenvalue weighted by molar-refractivity contribution is 0.500. The summed E-state index contributed by atoms with van der Waals surface area (Å²) in [5, 5.41) is 0. The molecule has 0 fully saturated rings. The zero-order valence-electron chi connectivity index (χ0n) is 14.5. The Balaban J connectivity index is 2.57. The second-order valence-electron chi connectivity index (χ2n) is 6.19. The fourth-order valence-corrected chi connectivity index (χ4v) is 3.12. The molecule has 2 aromatic rings. The Hall–Kier alpha value is -2.40. The molecular weight excluding hydrogens is 302 g/mol. The predicted molar refractivity (Wildman–Crippen MR) is 96.9 cm³/mol. The highest BCUT2D eigenvalue weighted by atomic mass is 19.2. The topological polar surface area (TPSA) is 0 Å². The molecule has 0 unspecified atom stereocenters. The first-order valence-electron chi connectivity index (χ1n) is 8.01. The van der Waals surface area contributed by atoms with Gasteiger partial charge < -0.3 is 0 Å². The lowest BCUT2D eigenvalue weighted by atomic mass is 9.86. The van der Waals surface area contributed by atoms with Crippen molar-refractivity contribution in [3.63, 3.8) is 0 Å². The molecule has 2 aromatic carbocycles. The number of rotatable bonds is 5. The molecule has 0 radical (unpaired) electrons. The van der Waals surface area contributed by atoms with Gasteiger partial charge in [0.2, 0.25) is 0 Å². The SMILES string of the molecule is C#CCCc1c(C)c(Cc2cccc(F)c2F)cc(C(=C)C)c1C. The van der Waals surface area contributed by atoms with E-state index in [1.807, 2.05) is 19.9 Å². The molecule has 2 rings (SSSR count). The number of benzene rings is 2. The molecule has 0 N–H and O–H groups in total. The summed E-state index contributed by atoms with van der Waals surface area (Å²) in [6, 6.07) is 6.34. The number of hydrogen-bond donors (Lipinski definition) is 0. The van der Waals surface area contributed by atoms with E-state index in [4.69, 9.17) is 6.42 Å². The molecule has 0 saturated carbocycles. The quantitative estimate of drug-likeness (QED) is 0.612. The van der Waals surface area contributed by atoms with E-state index in [9.17, 15) is 8.78 Å². The molecule has 0 aliphatic rings. The van der Waals surface area contributed by atoms with Gasteiger partial charge in [0.15, 0.2) is 11.6 Å². The summed E-state index contributed by atoms with van der Waals surface area (Å²) in [7, 11) is 0. The average molecular weight is 324 g/mol. The molecule has 0 aliphatic carbocycles. The van der Waals surface area contributed by atoms with Crippen LogP contribution in [-0.2, 0) is 12.8 Å². The molecule has 0 saturated heterocycles. The van der Waals surface area contributed by atoms with Gasteiger partial charge in [0.25, 0.3) is 0 Å². The number of terminal acetylenes is 1. The first kappa shape index (κ1) is 17.9. The summed E-state index contributed by atoms with van der Waals surface area (Å²) < 4.78 is 27.5. The van der Waals surface area contributed by atoms with Crippen molar-refractivity contribution in [2.24, 2.45) is 0 Å². The molecule has 2 heteroatoms. The zero-order valence-corrected chi connectivity index (χ0v) is 14.5. The third kappa shape index (κ3) is 3.57. The van der Waals surface area contributed by atoms with Crippen molar-refractivity contribution in [2.45, 2.75) is 40.0 Å². The highest BCUT2D eigenvalue weighted by molar-refractivity contribution is 5.68. The molecule has 0 bridgehead atoms. The highest BCUT2D eigenvalue weighted by Crippen LogP contribution is 2.29. The maximum absolute atomic E-state index is 14.0. The maximum Gasteiger partial charge on any atom is 0.162 e. The summed E-state index contributed by atoms with van der Waals surface area (Å²) in [4.78, 5) is 0. The molecule has 0 aliphatic heterocycles. The smallest absolute Gasteiger partial charge is 0.162 e. The third-order valence-electron chi connectivity index (χ3n) is 4.50. The Labute approximate surface area is 143 Å². The summed E-state index contributed by atoms with van der Waals surface area (Å²) in [6.07, 6.45) is 7.18. The van der Waals surface area contributed by atoms with Crippen LogP contribution in [0.5, 0.6) is 0 Å². The number of halogens is 2. The van der Waals surface area contributed by atoms with Crippen LogP contribution in [0.1, 0.15) is 46.7 Å². The van der Waals surface area contributed by atoms with Crippen LogP contribution < -0.4 is 0 Å². The van der Waals surface area contributed by atoms with Gasteiger partial charge in [-0.05, 0) is 66.6 Å². The van der Waals surface area contributed by atoms with E-state index in [0.29, 0.717) is 18.4 Å². The second kappa shape index (κ2) is 7.45. The molecule has 0 heterocycles. The van der Waals surface area contributed by atoms with E-state index in [1.54, 1.807) is 6.07 Å². The molecule has 0 aromatic heterocycles. The fraction of sp³-hybridized carbons (Fsp3) is 0.273. The van der Waals surface area contributed by atoms with Gasteiger partial charge in [-0.25, -0.2) is 8.78 Å². The van der Waals surface area contributed by atoms with Crippen molar-refractivity contribution in [1.82, 2.24) is 0 Å². The fourth-order valence-electron chi connectivity index (χ4n) is 3.12. The zero-order chi connectivity index (χ0) is 17.9. The second-order valence-corrected chi connectivity index (χ2v) is 6.19. The van der Waals surface area contributed by atoms with Gasteiger partial charge in [-0.3, -0.25) is 0 Å². The first-order valence-corrected chi connectivity index (χ1v) is 8.01. The van der Waals surface area contributed by atoms with Crippen molar-refractivity contribution in [3.05, 3.63) is 75.9 Å². The molecule has 0 nitrogen and oxygen atoms in total. The minimum atomic E-state index is -0.815. The van der Waals surface area contributed by atoms with E-state index in [2.05, 4.69) is 19.4 Å². The Kier molecular flexibility index (Phi) is 5.57. The molecule has 0 atom stereocenters. The van der Waals surface area contributed by atoms with Crippen molar-refractivity contribution < 1.29 is 8.78 Å². The largest absolute Gasteiger partial charge is 0.204 e. The van der Waals surface area contributed by atoms with Crippen LogP contribution in [-0.4, -0.2) is 0 Å². The minimum absolute atomic E-state index is 0.346. The Morgan fingerprint density at radius 3 is 2.50 bits per heavy atom. The molecule has 0 spiro atoms. The van der Waals surface area contributed by atoms with Gasteiger partial charge in [0, 0.05) is 12.8 Å². The summed E-state index contributed by atoms with van der Waals surface area (Å²) in [5.41, 5.74) is 6.79. The minimum Gasteiger partial charge on any atom is -0.204 e. The monoisotopic (exact) mass is 324 g/mol. The predicted octanol–water partition coefficient (Wildman–Crippen LogP) is 5.77. The van der Waals surface area contributed by atoms with Gasteiger partial charge in [0.05, 0.1) is 0 Å². The van der Waals surface area contributed by atoms with Gasteiger partial charge in [-0.1, -0.05) is 30.4 Å². The molecular formula is C22H22F2. The maximum atomic E-state index is 14.0. The van der Waals surface area contributed by atoms with Crippen molar-refractivity contribution in [2.75, 3.05) is 0 Å². The van der Waals surface area contributed by atoms with E-state index >= 15 is 0 Å². The normalized spacial score (nSPS) is 10.5. The highest BCUT2D eigenvalue weighted by Gasteiger charge is 2.15. The Morgan fingerprint density at radius 2 is 1.88 bits per heavy atom. The van der Waals surface area contributed by atoms with Crippen LogP contribution in [0, 0.1) is 37.8 Å². The van der Waals surface area contributed by atoms with Gasteiger partial charge >= 0.3 is 0 Å². The van der Waals surface area contributed by atoms with Crippen molar-refractivity contribution in [1.29, 1.82) is 0 Å². The number of hydrogen-bond acceptors (Lipinski definition) is 0. The molecule has 24 heavy (non-hydrogen) atoms. The third-order valence-corrected chi connectivity index (χ3v) is 4.50. The lowest BCUT2D eigenvalue weighted by Gasteiger charge is -2.19. The van der Waals surface area contributed by atoms with Crippen molar-refractivity contribution in [3.8, 4) is 12.3 Å². The summed E-state index contributed by atoms with van der Waals surface area (Å²) in [5.74, 6) is 1.08. The first-order chi connectivity index (χ1) is 11.4. The van der Waals surface area contributed by atoms with Crippen molar-refractivity contribution >= 4 is 5.57 Å². The van der Waals surface area contributed by atoms with Crippen LogP contribution in [0.2, 0.25) is 0 Å². The standard InChI is InChI=1S/C22H22F2/c1-6-7-10-19-15(4)18(13-20(14(2)3)16(19)5)12-17-9-8-11-21(23)22(17)24/h1,8-9,11,13H,2,7,10,12H2,3-5H3. The van der Waals surface area contributed by atoms with Crippen LogP contribution in [0.15, 0.2) is 30.8 Å². The van der Waals surface area contributed by atoms with Crippen LogP contribution >= 0.6 is 0 Å². The Bertz CT molecular complexity index is 823. The lowest BCUT2D eigenvalue weighted by Crippen LogP contribution is -2.05. The van der Waals surface area contributed by atoms with Gasteiger partial charge in [-0.15, -0.1) is 12.3 Å². The molecule has 124 valence electrons. The number of allylic oxidation sites excluding steroid dienone is 1. The van der Waals surface area contributed by atoms with E-state index in [-0.39, 0.29) is 0 Å². The summed E-state index contributed by atoms with van der Waals surface area (Å²) in [6.45, 7) is 10.1. The summed E-state index contributed by atoms with van der Waals surface area (Å²) >= 11 is 0. The Morgan fingerprint density at radius 1 is 1.17 bits per heavy atom. The van der Waals surface area contributed by atoms with Crippen LogP contribution in [0.25, 0.3) is 5.57 Å². The van der Waals surface area contributed by atoms with Crippen LogP contribution in [0.3, 0.4) is 0 Å². The van der Waals surface area contributed by atoms with Gasteiger partial charge in [0.1, 0.15) is 0 Å². The van der Waals surface area contributed by atoms with Crippen LogP contribution in [0.4, 0.5) is 8.78 Å². The van der Waals surface area contributed by atoms with E-state index in [1.165, 1.54) is 17.2 Å². The average Bonchev–Trinajstić information content (AvgIpc) is 2.53. The molecule has 0 amide bonds. The van der Waals surface area contributed by atoms with Gasteiger partial charge in [-0.2, -0.15) is 0 Å².